The topological polar surface area (TPSA) is 61.7 Å². The van der Waals surface area contributed by atoms with Crippen LogP contribution < -0.4 is 14.8 Å². The van der Waals surface area contributed by atoms with Crippen LogP contribution in [0.2, 0.25) is 0 Å². The molecular weight excluding hydrogens is 404 g/mol. The summed E-state index contributed by atoms with van der Waals surface area (Å²) >= 11 is 0. The van der Waals surface area contributed by atoms with Crippen LogP contribution in [0.5, 0.6) is 11.5 Å². The van der Waals surface area contributed by atoms with Crippen molar-refractivity contribution < 1.29 is 19.0 Å². The summed E-state index contributed by atoms with van der Waals surface area (Å²) in [5.74, 6) is 1.34. The summed E-state index contributed by atoms with van der Waals surface area (Å²) in [6.07, 6.45) is 8.57. The maximum Gasteiger partial charge on any atom is 0.253 e. The largest absolute Gasteiger partial charge is 0.493 e. The van der Waals surface area contributed by atoms with Gasteiger partial charge >= 0.3 is 0 Å². The summed E-state index contributed by atoms with van der Waals surface area (Å²) in [6, 6.07) is 8.36. The predicted molar refractivity (Wildman–Crippen MR) is 125 cm³/mol. The molecule has 1 saturated heterocycles. The lowest BCUT2D eigenvalue weighted by Gasteiger charge is -2.26. The van der Waals surface area contributed by atoms with E-state index in [0.717, 1.165) is 36.3 Å². The number of nitrogens with one attached hydrogen (secondary N) is 1. The van der Waals surface area contributed by atoms with Crippen LogP contribution in [0.15, 0.2) is 24.3 Å². The average Bonchev–Trinajstić information content (AvgIpc) is 3.44. The van der Waals surface area contributed by atoms with Gasteiger partial charge < -0.3 is 24.1 Å². The zero-order valence-electron chi connectivity index (χ0n) is 19.6. The van der Waals surface area contributed by atoms with Gasteiger partial charge in [0.15, 0.2) is 11.5 Å². The number of amides is 1. The van der Waals surface area contributed by atoms with Gasteiger partial charge in [0.25, 0.3) is 5.91 Å². The number of benzene rings is 1. The fourth-order valence-electron chi connectivity index (χ4n) is 5.09. The van der Waals surface area contributed by atoms with Crippen molar-refractivity contribution in [2.75, 3.05) is 20.3 Å². The maximum atomic E-state index is 13.0. The van der Waals surface area contributed by atoms with Gasteiger partial charge in [-0.25, -0.2) is 0 Å². The number of aryl methyl sites for hydroxylation is 1. The molecule has 1 saturated carbocycles. The molecule has 0 bridgehead atoms. The molecule has 4 rings (SSSR count). The highest BCUT2D eigenvalue weighted by molar-refractivity contribution is 5.95. The number of methoxy groups -OCH3 is 1. The van der Waals surface area contributed by atoms with E-state index in [1.165, 1.54) is 37.8 Å². The average molecular weight is 441 g/mol. The summed E-state index contributed by atoms with van der Waals surface area (Å²) in [7, 11) is 1.64. The van der Waals surface area contributed by atoms with Crippen LogP contribution in [0.3, 0.4) is 0 Å². The molecule has 6 nitrogen and oxygen atoms in total. The van der Waals surface area contributed by atoms with Crippen molar-refractivity contribution in [2.45, 2.75) is 77.5 Å². The number of hydrogen-bond donors (Lipinski definition) is 1. The molecule has 2 heterocycles. The highest BCUT2D eigenvalue weighted by atomic mass is 16.5. The highest BCUT2D eigenvalue weighted by Crippen LogP contribution is 2.32. The van der Waals surface area contributed by atoms with E-state index in [9.17, 15) is 4.79 Å². The molecular formula is C26H36N2O4. The number of aromatic nitrogens is 1. The Kier molecular flexibility index (Phi) is 7.40. The fraction of sp³-hybridized carbons (Fsp3) is 0.577. The molecule has 1 aromatic heterocycles. The van der Waals surface area contributed by atoms with Crippen molar-refractivity contribution >= 4 is 5.91 Å². The van der Waals surface area contributed by atoms with Gasteiger partial charge in [-0.15, -0.1) is 0 Å². The molecule has 2 aromatic rings. The summed E-state index contributed by atoms with van der Waals surface area (Å²) < 4.78 is 19.4. The third-order valence-electron chi connectivity index (χ3n) is 6.80. The Morgan fingerprint density at radius 2 is 1.91 bits per heavy atom. The normalized spacial score (nSPS) is 19.2. The van der Waals surface area contributed by atoms with Crippen LogP contribution in [0, 0.1) is 13.8 Å². The first kappa shape index (κ1) is 22.7. The van der Waals surface area contributed by atoms with Crippen molar-refractivity contribution in [2.24, 2.45) is 0 Å². The van der Waals surface area contributed by atoms with Crippen LogP contribution in [0.4, 0.5) is 0 Å². The van der Waals surface area contributed by atoms with Crippen molar-refractivity contribution in [3.05, 3.63) is 46.8 Å². The number of ether oxygens (including phenoxy) is 3. The minimum Gasteiger partial charge on any atom is -0.493 e. The zero-order valence-corrected chi connectivity index (χ0v) is 19.6. The first-order chi connectivity index (χ1) is 15.6. The van der Waals surface area contributed by atoms with Gasteiger partial charge in [-0.3, -0.25) is 4.79 Å². The monoisotopic (exact) mass is 440 g/mol. The van der Waals surface area contributed by atoms with E-state index in [4.69, 9.17) is 14.2 Å². The number of rotatable bonds is 8. The van der Waals surface area contributed by atoms with E-state index < -0.39 is 0 Å². The lowest BCUT2D eigenvalue weighted by molar-refractivity contribution is 0.0669. The molecule has 1 aliphatic heterocycles. The van der Waals surface area contributed by atoms with E-state index in [0.29, 0.717) is 30.7 Å². The SMILES string of the molecule is COc1cc(CNC(=O)c2cc(C)n(C3CCCCC3)c2C)ccc1OCC1CCCO1. The molecule has 1 atom stereocenters. The molecule has 1 unspecified atom stereocenters. The van der Waals surface area contributed by atoms with Crippen LogP contribution in [0.25, 0.3) is 0 Å². The predicted octanol–water partition coefficient (Wildman–Crippen LogP) is 5.11. The summed E-state index contributed by atoms with van der Waals surface area (Å²) in [5, 5.41) is 3.08. The molecule has 1 aromatic carbocycles. The van der Waals surface area contributed by atoms with Crippen LogP contribution in [-0.4, -0.2) is 36.9 Å². The summed E-state index contributed by atoms with van der Waals surface area (Å²) in [4.78, 5) is 13.0. The van der Waals surface area contributed by atoms with E-state index in [2.05, 4.69) is 23.7 Å². The lowest BCUT2D eigenvalue weighted by Crippen LogP contribution is -2.24. The molecule has 6 heteroatoms. The Balaban J connectivity index is 1.38. The van der Waals surface area contributed by atoms with Crippen molar-refractivity contribution in [3.8, 4) is 11.5 Å². The van der Waals surface area contributed by atoms with Crippen molar-refractivity contribution in [1.29, 1.82) is 0 Å². The van der Waals surface area contributed by atoms with Gasteiger partial charge in [0.1, 0.15) is 6.61 Å². The van der Waals surface area contributed by atoms with Crippen molar-refractivity contribution in [1.82, 2.24) is 9.88 Å². The first-order valence-corrected chi connectivity index (χ1v) is 11.9. The molecule has 2 fully saturated rings. The highest BCUT2D eigenvalue weighted by Gasteiger charge is 2.22. The Hall–Kier alpha value is -2.47. The quantitative estimate of drug-likeness (QED) is 0.620. The first-order valence-electron chi connectivity index (χ1n) is 11.9. The fourth-order valence-corrected chi connectivity index (χ4v) is 5.09. The zero-order chi connectivity index (χ0) is 22.5. The second kappa shape index (κ2) is 10.4. The molecule has 1 aliphatic carbocycles. The van der Waals surface area contributed by atoms with E-state index in [-0.39, 0.29) is 12.0 Å². The molecule has 1 N–H and O–H groups in total. The van der Waals surface area contributed by atoms with E-state index in [1.807, 2.05) is 24.3 Å². The van der Waals surface area contributed by atoms with Gasteiger partial charge in [-0.1, -0.05) is 25.3 Å². The second-order valence-electron chi connectivity index (χ2n) is 9.06. The van der Waals surface area contributed by atoms with Gasteiger partial charge in [0.05, 0.1) is 18.8 Å². The smallest absolute Gasteiger partial charge is 0.253 e. The van der Waals surface area contributed by atoms with Crippen LogP contribution >= 0.6 is 0 Å². The number of hydrogen-bond acceptors (Lipinski definition) is 4. The third kappa shape index (κ3) is 5.12. The van der Waals surface area contributed by atoms with Gasteiger partial charge in [0, 0.05) is 30.6 Å². The Bertz CT molecular complexity index is 924. The van der Waals surface area contributed by atoms with Crippen LogP contribution in [0.1, 0.15) is 78.3 Å². The molecule has 0 spiro atoms. The van der Waals surface area contributed by atoms with Gasteiger partial charge in [-0.2, -0.15) is 0 Å². The molecule has 2 aliphatic rings. The van der Waals surface area contributed by atoms with E-state index >= 15 is 0 Å². The molecule has 0 radical (unpaired) electrons. The van der Waals surface area contributed by atoms with Gasteiger partial charge in [-0.05, 0) is 63.3 Å². The molecule has 1 amide bonds. The number of nitrogens with zero attached hydrogens (tertiary/aromatic N) is 1. The summed E-state index contributed by atoms with van der Waals surface area (Å²) in [5.41, 5.74) is 3.99. The Morgan fingerprint density at radius 1 is 1.09 bits per heavy atom. The van der Waals surface area contributed by atoms with E-state index in [1.54, 1.807) is 7.11 Å². The summed E-state index contributed by atoms with van der Waals surface area (Å²) in [6.45, 7) is 5.96. The molecule has 32 heavy (non-hydrogen) atoms. The van der Waals surface area contributed by atoms with Crippen molar-refractivity contribution in [3.63, 3.8) is 0 Å². The Labute approximate surface area is 191 Å². The standard InChI is InChI=1S/C26H36N2O4/c1-18-14-23(19(2)28(18)21-8-5-4-6-9-21)26(29)27-16-20-11-12-24(25(15-20)30-3)32-17-22-10-7-13-31-22/h11-12,14-15,21-22H,4-10,13,16-17H2,1-3H3,(H,27,29). The number of carbonyl (C=O) groups excluding carboxylic acids is 1. The minimum absolute atomic E-state index is 0.0298. The number of carbonyl (C=O) groups is 1. The minimum atomic E-state index is -0.0298. The lowest BCUT2D eigenvalue weighted by atomic mass is 9.95. The maximum absolute atomic E-state index is 13.0. The third-order valence-corrected chi connectivity index (χ3v) is 6.80. The van der Waals surface area contributed by atoms with Gasteiger partial charge in [0.2, 0.25) is 0 Å². The van der Waals surface area contributed by atoms with Crippen LogP contribution in [-0.2, 0) is 11.3 Å². The molecule has 174 valence electrons. The Morgan fingerprint density at radius 3 is 2.62 bits per heavy atom. The second-order valence-corrected chi connectivity index (χ2v) is 9.06.